The number of benzene rings is 2. The quantitative estimate of drug-likeness (QED) is 0.825. The molecule has 0 atom stereocenters. The minimum atomic E-state index is -0.259. The summed E-state index contributed by atoms with van der Waals surface area (Å²) in [6, 6.07) is 10.2. The topological polar surface area (TPSA) is 18.5 Å². The molecule has 19 heavy (non-hydrogen) atoms. The standard InChI is InChI=1S/C15H14BrFO2/c1-10-7-13(17)4-6-14(10)19-9-11-8-12(16)3-5-15(11)18-2/h3-8H,9H2,1-2H3. The predicted octanol–water partition coefficient (Wildman–Crippen LogP) is 4.48. The summed E-state index contributed by atoms with van der Waals surface area (Å²) in [7, 11) is 1.62. The van der Waals surface area contributed by atoms with E-state index >= 15 is 0 Å². The third-order valence-corrected chi connectivity index (χ3v) is 3.26. The van der Waals surface area contributed by atoms with Gasteiger partial charge in [-0.15, -0.1) is 0 Å². The van der Waals surface area contributed by atoms with E-state index in [0.717, 1.165) is 21.3 Å². The van der Waals surface area contributed by atoms with E-state index in [1.165, 1.54) is 12.1 Å². The molecule has 0 spiro atoms. The fourth-order valence-corrected chi connectivity index (χ4v) is 2.20. The molecule has 0 N–H and O–H groups in total. The van der Waals surface area contributed by atoms with Crippen LogP contribution >= 0.6 is 15.9 Å². The molecule has 0 aliphatic heterocycles. The summed E-state index contributed by atoms with van der Waals surface area (Å²) in [5, 5.41) is 0. The number of hydrogen-bond acceptors (Lipinski definition) is 2. The second kappa shape index (κ2) is 6.06. The SMILES string of the molecule is COc1ccc(Br)cc1COc1ccc(F)cc1C. The number of hydrogen-bond donors (Lipinski definition) is 0. The highest BCUT2D eigenvalue weighted by molar-refractivity contribution is 9.10. The van der Waals surface area contributed by atoms with E-state index in [2.05, 4.69) is 15.9 Å². The van der Waals surface area contributed by atoms with Crippen LogP contribution in [-0.2, 0) is 6.61 Å². The molecule has 0 aromatic heterocycles. The average Bonchev–Trinajstić information content (AvgIpc) is 2.38. The largest absolute Gasteiger partial charge is 0.496 e. The van der Waals surface area contributed by atoms with Crippen LogP contribution in [0.5, 0.6) is 11.5 Å². The molecule has 0 saturated carbocycles. The van der Waals surface area contributed by atoms with Gasteiger partial charge < -0.3 is 9.47 Å². The molecule has 0 aliphatic rings. The Labute approximate surface area is 120 Å². The van der Waals surface area contributed by atoms with Crippen molar-refractivity contribution >= 4 is 15.9 Å². The molecule has 0 fully saturated rings. The van der Waals surface area contributed by atoms with E-state index in [0.29, 0.717) is 12.4 Å². The van der Waals surface area contributed by atoms with Crippen molar-refractivity contribution in [2.45, 2.75) is 13.5 Å². The molecule has 2 aromatic rings. The van der Waals surface area contributed by atoms with Gasteiger partial charge in [-0.25, -0.2) is 4.39 Å². The first-order valence-electron chi connectivity index (χ1n) is 5.81. The van der Waals surface area contributed by atoms with Crippen LogP contribution in [0.15, 0.2) is 40.9 Å². The first kappa shape index (κ1) is 13.9. The van der Waals surface area contributed by atoms with Crippen molar-refractivity contribution in [3.8, 4) is 11.5 Å². The lowest BCUT2D eigenvalue weighted by molar-refractivity contribution is 0.294. The van der Waals surface area contributed by atoms with Gasteiger partial charge in [-0.3, -0.25) is 0 Å². The molecule has 0 bridgehead atoms. The number of halogens is 2. The molecule has 0 amide bonds. The van der Waals surface area contributed by atoms with Gasteiger partial charge in [-0.2, -0.15) is 0 Å². The highest BCUT2D eigenvalue weighted by Crippen LogP contribution is 2.26. The lowest BCUT2D eigenvalue weighted by atomic mass is 10.2. The maximum Gasteiger partial charge on any atom is 0.125 e. The summed E-state index contributed by atoms with van der Waals surface area (Å²) in [6.07, 6.45) is 0. The first-order valence-corrected chi connectivity index (χ1v) is 6.61. The van der Waals surface area contributed by atoms with Crippen LogP contribution in [0.25, 0.3) is 0 Å². The summed E-state index contributed by atoms with van der Waals surface area (Å²) in [5.74, 6) is 1.18. The molecule has 0 unspecified atom stereocenters. The molecular formula is C15H14BrFO2. The Bertz CT molecular complexity index is 584. The lowest BCUT2D eigenvalue weighted by Gasteiger charge is -2.12. The number of methoxy groups -OCH3 is 1. The predicted molar refractivity (Wildman–Crippen MR) is 76.2 cm³/mol. The van der Waals surface area contributed by atoms with Crippen molar-refractivity contribution in [3.05, 3.63) is 57.8 Å². The summed E-state index contributed by atoms with van der Waals surface area (Å²) < 4.78 is 24.9. The normalized spacial score (nSPS) is 10.3. The van der Waals surface area contributed by atoms with Crippen LogP contribution in [0.3, 0.4) is 0 Å². The van der Waals surface area contributed by atoms with Crippen molar-refractivity contribution in [3.63, 3.8) is 0 Å². The summed E-state index contributed by atoms with van der Waals surface area (Å²) in [6.45, 7) is 2.19. The maximum absolute atomic E-state index is 13.0. The van der Waals surface area contributed by atoms with Crippen molar-refractivity contribution in [1.82, 2.24) is 0 Å². The van der Waals surface area contributed by atoms with Gasteiger partial charge in [0, 0.05) is 10.0 Å². The number of aryl methyl sites for hydroxylation is 1. The van der Waals surface area contributed by atoms with Crippen LogP contribution in [0.2, 0.25) is 0 Å². The Kier molecular flexibility index (Phi) is 4.43. The van der Waals surface area contributed by atoms with Gasteiger partial charge in [0.25, 0.3) is 0 Å². The zero-order valence-corrected chi connectivity index (χ0v) is 12.3. The third-order valence-electron chi connectivity index (χ3n) is 2.76. The Morgan fingerprint density at radius 1 is 1.11 bits per heavy atom. The van der Waals surface area contributed by atoms with E-state index in [-0.39, 0.29) is 5.82 Å². The van der Waals surface area contributed by atoms with E-state index in [9.17, 15) is 4.39 Å². The Balaban J connectivity index is 2.16. The van der Waals surface area contributed by atoms with Gasteiger partial charge in [0.15, 0.2) is 0 Å². The van der Waals surface area contributed by atoms with Gasteiger partial charge >= 0.3 is 0 Å². The second-order valence-corrected chi connectivity index (χ2v) is 5.07. The summed E-state index contributed by atoms with van der Waals surface area (Å²) >= 11 is 3.42. The number of rotatable bonds is 4. The smallest absolute Gasteiger partial charge is 0.125 e. The molecule has 2 nitrogen and oxygen atoms in total. The molecule has 2 rings (SSSR count). The zero-order valence-electron chi connectivity index (χ0n) is 10.7. The van der Waals surface area contributed by atoms with Gasteiger partial charge in [0.05, 0.1) is 7.11 Å². The summed E-state index contributed by atoms with van der Waals surface area (Å²) in [4.78, 5) is 0. The van der Waals surface area contributed by atoms with Gasteiger partial charge in [0.2, 0.25) is 0 Å². The first-order chi connectivity index (χ1) is 9.10. The maximum atomic E-state index is 13.0. The van der Waals surface area contributed by atoms with Crippen LogP contribution in [-0.4, -0.2) is 7.11 Å². The van der Waals surface area contributed by atoms with E-state index < -0.39 is 0 Å². The molecule has 0 radical (unpaired) electrons. The Morgan fingerprint density at radius 3 is 2.53 bits per heavy atom. The van der Waals surface area contributed by atoms with Crippen molar-refractivity contribution in [2.24, 2.45) is 0 Å². The average molecular weight is 325 g/mol. The van der Waals surface area contributed by atoms with Crippen molar-refractivity contribution in [2.75, 3.05) is 7.11 Å². The van der Waals surface area contributed by atoms with E-state index in [4.69, 9.17) is 9.47 Å². The molecule has 4 heteroatoms. The third kappa shape index (κ3) is 3.47. The summed E-state index contributed by atoms with van der Waals surface area (Å²) in [5.41, 5.74) is 1.70. The fourth-order valence-electron chi connectivity index (χ4n) is 1.79. The Hall–Kier alpha value is -1.55. The highest BCUT2D eigenvalue weighted by Gasteiger charge is 2.06. The molecule has 0 aliphatic carbocycles. The van der Waals surface area contributed by atoms with Crippen LogP contribution in [0.1, 0.15) is 11.1 Å². The fraction of sp³-hybridized carbons (Fsp3) is 0.200. The highest BCUT2D eigenvalue weighted by atomic mass is 79.9. The lowest BCUT2D eigenvalue weighted by Crippen LogP contribution is -2.00. The molecule has 0 saturated heterocycles. The van der Waals surface area contributed by atoms with Crippen molar-refractivity contribution in [1.29, 1.82) is 0 Å². The minimum Gasteiger partial charge on any atom is -0.496 e. The van der Waals surface area contributed by atoms with Gasteiger partial charge in [-0.05, 0) is 48.9 Å². The van der Waals surface area contributed by atoms with Crippen LogP contribution in [0.4, 0.5) is 4.39 Å². The van der Waals surface area contributed by atoms with Gasteiger partial charge in [-0.1, -0.05) is 15.9 Å². The zero-order chi connectivity index (χ0) is 13.8. The number of ether oxygens (including phenoxy) is 2. The molecule has 0 heterocycles. The Morgan fingerprint density at radius 2 is 1.84 bits per heavy atom. The molecular weight excluding hydrogens is 311 g/mol. The van der Waals surface area contributed by atoms with E-state index in [1.54, 1.807) is 13.2 Å². The van der Waals surface area contributed by atoms with E-state index in [1.807, 2.05) is 25.1 Å². The van der Waals surface area contributed by atoms with Crippen LogP contribution in [0, 0.1) is 12.7 Å². The molecule has 2 aromatic carbocycles. The second-order valence-electron chi connectivity index (χ2n) is 4.15. The van der Waals surface area contributed by atoms with Gasteiger partial charge in [0.1, 0.15) is 23.9 Å². The monoisotopic (exact) mass is 324 g/mol. The van der Waals surface area contributed by atoms with Crippen LogP contribution < -0.4 is 9.47 Å². The van der Waals surface area contributed by atoms with Crippen molar-refractivity contribution < 1.29 is 13.9 Å². The minimum absolute atomic E-state index is 0.259. The molecule has 100 valence electrons.